The number of thiocarbonyl (C=S) groups is 1. The molecular weight excluding hydrogens is 394 g/mol. The van der Waals surface area contributed by atoms with E-state index in [-0.39, 0.29) is 17.5 Å². The van der Waals surface area contributed by atoms with Gasteiger partial charge in [-0.05, 0) is 37.0 Å². The Bertz CT molecular complexity index is 721. The number of morpholine rings is 1. The zero-order chi connectivity index (χ0) is 19.8. The second-order valence-corrected chi connectivity index (χ2v) is 10.1. The van der Waals surface area contributed by atoms with E-state index in [1.165, 1.54) is 5.56 Å². The molecule has 2 fully saturated rings. The molecule has 3 rings (SSSR count). The van der Waals surface area contributed by atoms with E-state index in [2.05, 4.69) is 27.2 Å². The van der Waals surface area contributed by atoms with Gasteiger partial charge in [-0.3, -0.25) is 4.90 Å². The van der Waals surface area contributed by atoms with Gasteiger partial charge in [-0.15, -0.1) is 0 Å². The van der Waals surface area contributed by atoms with Crippen LogP contribution >= 0.6 is 12.2 Å². The fraction of sp³-hybridized carbons (Fsp3) is 0.650. The Morgan fingerprint density at radius 3 is 2.68 bits per heavy atom. The summed E-state index contributed by atoms with van der Waals surface area (Å²) in [6, 6.07) is 10.3. The number of ether oxygens (including phenoxy) is 1. The number of benzene rings is 1. The molecule has 1 N–H and O–H groups in total. The van der Waals surface area contributed by atoms with Crippen LogP contribution in [0.15, 0.2) is 30.3 Å². The first kappa shape index (κ1) is 21.5. The normalized spacial score (nSPS) is 22.1. The number of hydrogen-bond donors (Lipinski definition) is 1. The summed E-state index contributed by atoms with van der Waals surface area (Å²) in [5, 5.41) is 4.03. The van der Waals surface area contributed by atoms with E-state index in [4.69, 9.17) is 17.0 Å². The standard InChI is InChI=1S/C20H31N3O3S2/c24-28(25)16-8-19(17-28)23(11-4-10-22-12-14-26-15-13-22)20(27)21-9-7-18-5-2-1-3-6-18/h1-3,5-6,19H,4,7-17H2,(H,21,27)/t19-/m0/s1. The largest absolute Gasteiger partial charge is 0.379 e. The summed E-state index contributed by atoms with van der Waals surface area (Å²) in [7, 11) is -2.94. The monoisotopic (exact) mass is 425 g/mol. The lowest BCUT2D eigenvalue weighted by atomic mass is 10.1. The molecule has 1 aromatic carbocycles. The minimum atomic E-state index is -2.94. The molecule has 8 heteroatoms. The van der Waals surface area contributed by atoms with Crippen LogP contribution in [-0.2, 0) is 21.0 Å². The van der Waals surface area contributed by atoms with Gasteiger partial charge in [0.2, 0.25) is 0 Å². The van der Waals surface area contributed by atoms with Gasteiger partial charge in [0.25, 0.3) is 0 Å². The van der Waals surface area contributed by atoms with Gasteiger partial charge in [-0.2, -0.15) is 0 Å². The molecule has 2 aliphatic heterocycles. The minimum absolute atomic E-state index is 0.00795. The van der Waals surface area contributed by atoms with Gasteiger partial charge >= 0.3 is 0 Å². The van der Waals surface area contributed by atoms with Gasteiger partial charge in [-0.25, -0.2) is 8.42 Å². The van der Waals surface area contributed by atoms with Gasteiger partial charge in [0.05, 0.1) is 24.7 Å². The van der Waals surface area contributed by atoms with Crippen LogP contribution in [0.4, 0.5) is 0 Å². The van der Waals surface area contributed by atoms with Gasteiger partial charge in [-0.1, -0.05) is 30.3 Å². The summed E-state index contributed by atoms with van der Waals surface area (Å²) in [5.74, 6) is 0.481. The molecule has 2 aliphatic rings. The predicted molar refractivity (Wildman–Crippen MR) is 116 cm³/mol. The third-order valence-electron chi connectivity index (χ3n) is 5.42. The van der Waals surface area contributed by atoms with Crippen molar-refractivity contribution in [3.63, 3.8) is 0 Å². The summed E-state index contributed by atoms with van der Waals surface area (Å²) in [6.07, 6.45) is 2.53. The molecule has 6 nitrogen and oxygen atoms in total. The van der Waals surface area contributed by atoms with E-state index in [0.29, 0.717) is 11.5 Å². The number of rotatable bonds is 8. The Morgan fingerprint density at radius 1 is 1.25 bits per heavy atom. The van der Waals surface area contributed by atoms with Crippen LogP contribution < -0.4 is 5.32 Å². The maximum Gasteiger partial charge on any atom is 0.169 e. The maximum absolute atomic E-state index is 12.0. The molecule has 28 heavy (non-hydrogen) atoms. The van der Waals surface area contributed by atoms with Gasteiger partial charge in [0.1, 0.15) is 0 Å². The lowest BCUT2D eigenvalue weighted by molar-refractivity contribution is 0.0365. The highest BCUT2D eigenvalue weighted by Gasteiger charge is 2.33. The van der Waals surface area contributed by atoms with Crippen molar-refractivity contribution >= 4 is 27.2 Å². The van der Waals surface area contributed by atoms with Gasteiger partial charge in [0.15, 0.2) is 14.9 Å². The van der Waals surface area contributed by atoms with Crippen LogP contribution in [0.25, 0.3) is 0 Å². The summed E-state index contributed by atoms with van der Waals surface area (Å²) in [4.78, 5) is 4.52. The molecule has 0 spiro atoms. The number of sulfone groups is 1. The van der Waals surface area contributed by atoms with E-state index in [0.717, 1.165) is 58.8 Å². The van der Waals surface area contributed by atoms with Crippen molar-refractivity contribution in [2.24, 2.45) is 0 Å². The van der Waals surface area contributed by atoms with Crippen molar-refractivity contribution in [1.29, 1.82) is 0 Å². The average Bonchev–Trinajstić information content (AvgIpc) is 3.06. The van der Waals surface area contributed by atoms with E-state index < -0.39 is 9.84 Å². The summed E-state index contributed by atoms with van der Waals surface area (Å²) in [6.45, 7) is 6.06. The van der Waals surface area contributed by atoms with E-state index in [1.807, 2.05) is 18.2 Å². The second kappa shape index (κ2) is 10.5. The fourth-order valence-electron chi connectivity index (χ4n) is 3.82. The van der Waals surface area contributed by atoms with Gasteiger partial charge < -0.3 is 15.0 Å². The summed E-state index contributed by atoms with van der Waals surface area (Å²) < 4.78 is 29.4. The zero-order valence-corrected chi connectivity index (χ0v) is 18.0. The molecule has 156 valence electrons. The van der Waals surface area contributed by atoms with Crippen LogP contribution in [0.1, 0.15) is 18.4 Å². The topological polar surface area (TPSA) is 61.9 Å². The Kier molecular flexibility index (Phi) is 8.08. The highest BCUT2D eigenvalue weighted by Crippen LogP contribution is 2.18. The maximum atomic E-state index is 12.0. The smallest absolute Gasteiger partial charge is 0.169 e. The highest BCUT2D eigenvalue weighted by molar-refractivity contribution is 7.91. The van der Waals surface area contributed by atoms with Crippen LogP contribution in [-0.4, -0.2) is 86.8 Å². The first-order valence-corrected chi connectivity index (χ1v) is 12.4. The van der Waals surface area contributed by atoms with E-state index >= 15 is 0 Å². The fourth-order valence-corrected chi connectivity index (χ4v) is 5.89. The first-order chi connectivity index (χ1) is 13.5. The Balaban J connectivity index is 1.51. The van der Waals surface area contributed by atoms with Crippen molar-refractivity contribution < 1.29 is 13.2 Å². The molecule has 0 radical (unpaired) electrons. The molecule has 1 aromatic rings. The Labute approximate surface area is 174 Å². The zero-order valence-electron chi connectivity index (χ0n) is 16.4. The third-order valence-corrected chi connectivity index (χ3v) is 7.55. The van der Waals surface area contributed by atoms with Gasteiger partial charge in [0, 0.05) is 38.8 Å². The molecular formula is C20H31N3O3S2. The molecule has 2 heterocycles. The lowest BCUT2D eigenvalue weighted by Gasteiger charge is -2.33. The molecule has 0 saturated carbocycles. The van der Waals surface area contributed by atoms with Crippen LogP contribution in [0.5, 0.6) is 0 Å². The molecule has 0 unspecified atom stereocenters. The highest BCUT2D eigenvalue weighted by atomic mass is 32.2. The number of nitrogens with zero attached hydrogens (tertiary/aromatic N) is 2. The molecule has 0 aromatic heterocycles. The van der Waals surface area contributed by atoms with Crippen molar-refractivity contribution in [3.8, 4) is 0 Å². The summed E-state index contributed by atoms with van der Waals surface area (Å²) in [5.41, 5.74) is 1.26. The molecule has 0 aliphatic carbocycles. The van der Waals surface area contributed by atoms with Crippen molar-refractivity contribution in [2.75, 3.05) is 57.4 Å². The Hall–Kier alpha value is -1.22. The number of nitrogens with one attached hydrogen (secondary N) is 1. The second-order valence-electron chi connectivity index (χ2n) is 7.53. The SMILES string of the molecule is O=S1(=O)CC[C@H](N(CCCN2CCOCC2)C(=S)NCCc2ccccc2)C1. The van der Waals surface area contributed by atoms with Crippen molar-refractivity contribution in [3.05, 3.63) is 35.9 Å². The van der Waals surface area contributed by atoms with Crippen molar-refractivity contribution in [1.82, 2.24) is 15.1 Å². The molecule has 0 bridgehead atoms. The van der Waals surface area contributed by atoms with Crippen LogP contribution in [0.2, 0.25) is 0 Å². The minimum Gasteiger partial charge on any atom is -0.379 e. The molecule has 2 saturated heterocycles. The third kappa shape index (κ3) is 6.69. The quantitative estimate of drug-likeness (QED) is 0.630. The molecule has 1 atom stereocenters. The molecule has 0 amide bonds. The van der Waals surface area contributed by atoms with E-state index in [9.17, 15) is 8.42 Å². The van der Waals surface area contributed by atoms with Crippen LogP contribution in [0, 0.1) is 0 Å². The number of hydrogen-bond acceptors (Lipinski definition) is 5. The Morgan fingerprint density at radius 2 is 2.00 bits per heavy atom. The van der Waals surface area contributed by atoms with Crippen molar-refractivity contribution in [2.45, 2.75) is 25.3 Å². The first-order valence-electron chi connectivity index (χ1n) is 10.1. The van der Waals surface area contributed by atoms with E-state index in [1.54, 1.807) is 0 Å². The summed E-state index contributed by atoms with van der Waals surface area (Å²) >= 11 is 5.66. The predicted octanol–water partition coefficient (Wildman–Crippen LogP) is 1.32. The average molecular weight is 426 g/mol. The van der Waals surface area contributed by atoms with Crippen LogP contribution in [0.3, 0.4) is 0 Å². The lowest BCUT2D eigenvalue weighted by Crippen LogP contribution is -2.48.